The maximum atomic E-state index is 13.5. The summed E-state index contributed by atoms with van der Waals surface area (Å²) in [6.45, 7) is 0. The summed E-state index contributed by atoms with van der Waals surface area (Å²) in [6, 6.07) is 38.9. The van der Waals surface area contributed by atoms with E-state index in [1.807, 2.05) is 23.5 Å². The van der Waals surface area contributed by atoms with Gasteiger partial charge in [-0.3, -0.25) is 4.79 Å². The number of aromatic hydroxyl groups is 1. The van der Waals surface area contributed by atoms with E-state index >= 15 is 0 Å². The third-order valence-electron chi connectivity index (χ3n) is 7.71. The van der Waals surface area contributed by atoms with E-state index < -0.39 is 0 Å². The Morgan fingerprint density at radius 1 is 0.579 bits per heavy atom. The van der Waals surface area contributed by atoms with Crippen LogP contribution in [0.1, 0.15) is 15.9 Å². The van der Waals surface area contributed by atoms with Gasteiger partial charge >= 0.3 is 0 Å². The number of hydrogen-bond acceptors (Lipinski definition) is 3. The zero-order valence-electron chi connectivity index (χ0n) is 20.2. The topological polar surface area (TPSA) is 37.3 Å². The first-order chi connectivity index (χ1) is 18.7. The maximum Gasteiger partial charge on any atom is 0.197 e. The first kappa shape index (κ1) is 21.4. The molecule has 0 spiro atoms. The molecule has 3 heteroatoms. The normalized spacial score (nSPS) is 11.9. The number of para-hydroxylation sites is 1. The molecule has 2 nitrogen and oxygen atoms in total. The molecule has 0 saturated heterocycles. The van der Waals surface area contributed by atoms with Crippen LogP contribution in [0.3, 0.4) is 0 Å². The van der Waals surface area contributed by atoms with Crippen molar-refractivity contribution in [3.63, 3.8) is 0 Å². The highest BCUT2D eigenvalue weighted by Crippen LogP contribution is 2.43. The minimum absolute atomic E-state index is 0.00301. The van der Waals surface area contributed by atoms with Crippen LogP contribution in [0.25, 0.3) is 63.6 Å². The van der Waals surface area contributed by atoms with Gasteiger partial charge in [0.05, 0.1) is 5.56 Å². The highest BCUT2D eigenvalue weighted by atomic mass is 32.1. The first-order valence-electron chi connectivity index (χ1n) is 12.6. The van der Waals surface area contributed by atoms with Gasteiger partial charge in [-0.25, -0.2) is 0 Å². The molecule has 1 N–H and O–H groups in total. The summed E-state index contributed by atoms with van der Waals surface area (Å²) in [7, 11) is 0. The van der Waals surface area contributed by atoms with Crippen LogP contribution in [-0.4, -0.2) is 10.9 Å². The monoisotopic (exact) mass is 504 g/mol. The summed E-state index contributed by atoms with van der Waals surface area (Å²) in [5.74, 6) is -0.165. The second kappa shape index (κ2) is 7.88. The van der Waals surface area contributed by atoms with E-state index in [-0.39, 0.29) is 11.5 Å². The van der Waals surface area contributed by atoms with Crippen LogP contribution in [0, 0.1) is 0 Å². The summed E-state index contributed by atoms with van der Waals surface area (Å²) in [5.41, 5.74) is 3.36. The second-order valence-electron chi connectivity index (χ2n) is 9.81. The maximum absolute atomic E-state index is 13.5. The van der Waals surface area contributed by atoms with Crippen LogP contribution < -0.4 is 0 Å². The molecule has 1 heterocycles. The molecule has 7 aromatic carbocycles. The Balaban J connectivity index is 1.38. The molecule has 178 valence electrons. The van der Waals surface area contributed by atoms with Crippen LogP contribution in [0.15, 0.2) is 115 Å². The van der Waals surface area contributed by atoms with Gasteiger partial charge in [0.25, 0.3) is 0 Å². The molecular weight excluding hydrogens is 484 g/mol. The summed E-state index contributed by atoms with van der Waals surface area (Å²) in [4.78, 5) is 13.5. The molecule has 8 aromatic rings. The van der Waals surface area contributed by atoms with Crippen molar-refractivity contribution in [3.05, 3.63) is 126 Å². The molecule has 0 aliphatic carbocycles. The molecule has 8 rings (SSSR count). The number of hydrogen-bond donors (Lipinski definition) is 1. The summed E-state index contributed by atoms with van der Waals surface area (Å²) < 4.78 is 2.60. The van der Waals surface area contributed by atoms with Crippen LogP contribution in [0.4, 0.5) is 0 Å². The summed E-state index contributed by atoms with van der Waals surface area (Å²) in [5, 5.41) is 19.5. The highest BCUT2D eigenvalue weighted by Gasteiger charge is 2.19. The molecule has 0 bridgehead atoms. The van der Waals surface area contributed by atoms with E-state index in [1.54, 1.807) is 24.3 Å². The lowest BCUT2D eigenvalue weighted by Crippen LogP contribution is -2.03. The lowest BCUT2D eigenvalue weighted by atomic mass is 9.88. The number of carbonyl (C=O) groups is 1. The highest BCUT2D eigenvalue weighted by molar-refractivity contribution is 7.26. The lowest BCUT2D eigenvalue weighted by Gasteiger charge is -2.15. The van der Waals surface area contributed by atoms with Crippen molar-refractivity contribution in [2.75, 3.05) is 0 Å². The van der Waals surface area contributed by atoms with E-state index in [0.29, 0.717) is 11.1 Å². The van der Waals surface area contributed by atoms with Gasteiger partial charge in [-0.05, 0) is 79.8 Å². The Kier molecular flexibility index (Phi) is 4.43. The predicted molar refractivity (Wildman–Crippen MR) is 160 cm³/mol. The number of fused-ring (bicyclic) bond motifs is 3. The summed E-state index contributed by atoms with van der Waals surface area (Å²) in [6.07, 6.45) is 0. The Labute approximate surface area is 222 Å². The van der Waals surface area contributed by atoms with Crippen LogP contribution in [0.2, 0.25) is 0 Å². The van der Waals surface area contributed by atoms with Crippen molar-refractivity contribution >= 4 is 69.6 Å². The van der Waals surface area contributed by atoms with Crippen molar-refractivity contribution in [3.8, 4) is 16.9 Å². The third kappa shape index (κ3) is 2.97. The van der Waals surface area contributed by atoms with Gasteiger partial charge in [0.15, 0.2) is 5.78 Å². The molecule has 0 radical (unpaired) electrons. The number of benzene rings is 7. The fourth-order valence-corrected chi connectivity index (χ4v) is 7.20. The number of ketones is 1. The van der Waals surface area contributed by atoms with E-state index in [2.05, 4.69) is 78.9 Å². The van der Waals surface area contributed by atoms with Crippen LogP contribution in [-0.2, 0) is 0 Å². The van der Waals surface area contributed by atoms with Crippen LogP contribution in [0.5, 0.6) is 5.75 Å². The van der Waals surface area contributed by atoms with Gasteiger partial charge in [0.2, 0.25) is 0 Å². The average molecular weight is 505 g/mol. The van der Waals surface area contributed by atoms with Gasteiger partial charge < -0.3 is 5.11 Å². The van der Waals surface area contributed by atoms with Crippen molar-refractivity contribution < 1.29 is 9.90 Å². The average Bonchev–Trinajstić information content (AvgIpc) is 3.34. The number of phenolic OH excluding ortho intramolecular Hbond substituents is 1. The Bertz CT molecular complexity index is 2200. The fourth-order valence-electron chi connectivity index (χ4n) is 5.96. The van der Waals surface area contributed by atoms with Crippen molar-refractivity contribution in [1.82, 2.24) is 0 Å². The molecule has 0 saturated carbocycles. The Hall–Kier alpha value is -4.73. The number of phenols is 1. The van der Waals surface area contributed by atoms with Crippen molar-refractivity contribution in [2.24, 2.45) is 0 Å². The zero-order valence-corrected chi connectivity index (χ0v) is 21.0. The van der Waals surface area contributed by atoms with Gasteiger partial charge in [0, 0.05) is 25.7 Å². The SMILES string of the molecule is O=C(c1ccccc1O)c1ccc2ccc3cc(-c4cccc5c4sc4ccccc45)cc4ccc1c2c34. The molecule has 0 atom stereocenters. The minimum atomic E-state index is -0.168. The molecule has 0 fully saturated rings. The van der Waals surface area contributed by atoms with Gasteiger partial charge in [-0.1, -0.05) is 78.9 Å². The van der Waals surface area contributed by atoms with E-state index in [9.17, 15) is 9.90 Å². The first-order valence-corrected chi connectivity index (χ1v) is 13.4. The third-order valence-corrected chi connectivity index (χ3v) is 8.93. The molecule has 0 aliphatic rings. The predicted octanol–water partition coefficient (Wildman–Crippen LogP) is 9.56. The number of thiophene rings is 1. The molecule has 0 unspecified atom stereocenters. The Morgan fingerprint density at radius 2 is 1.29 bits per heavy atom. The molecule has 38 heavy (non-hydrogen) atoms. The zero-order chi connectivity index (χ0) is 25.4. The van der Waals surface area contributed by atoms with Gasteiger partial charge in [0.1, 0.15) is 5.75 Å². The number of carbonyl (C=O) groups excluding carboxylic acids is 1. The second-order valence-corrected chi connectivity index (χ2v) is 10.9. The van der Waals surface area contributed by atoms with Crippen molar-refractivity contribution in [1.29, 1.82) is 0 Å². The van der Waals surface area contributed by atoms with Crippen LogP contribution >= 0.6 is 11.3 Å². The van der Waals surface area contributed by atoms with E-state index in [1.165, 1.54) is 36.7 Å². The standard InChI is InChI=1S/C35H20O2S/c36-30-10-3-1-7-29(30)34(37)27-17-14-20-12-13-21-18-23(19-22-15-16-26(27)33(20)32(21)22)24-8-5-9-28-25-6-2-4-11-31(25)38-35(24)28/h1-19,36H. The van der Waals surface area contributed by atoms with E-state index in [4.69, 9.17) is 0 Å². The molecular formula is C35H20O2S. The molecule has 1 aromatic heterocycles. The van der Waals surface area contributed by atoms with Gasteiger partial charge in [-0.2, -0.15) is 0 Å². The smallest absolute Gasteiger partial charge is 0.197 e. The Morgan fingerprint density at radius 3 is 2.16 bits per heavy atom. The minimum Gasteiger partial charge on any atom is -0.507 e. The van der Waals surface area contributed by atoms with Crippen molar-refractivity contribution in [2.45, 2.75) is 0 Å². The molecule has 0 amide bonds. The largest absolute Gasteiger partial charge is 0.507 e. The quantitative estimate of drug-likeness (QED) is 0.192. The van der Waals surface area contributed by atoms with Gasteiger partial charge in [-0.15, -0.1) is 11.3 Å². The fraction of sp³-hybridized carbons (Fsp3) is 0. The molecule has 0 aliphatic heterocycles. The lowest BCUT2D eigenvalue weighted by molar-refractivity contribution is 0.103. The van der Waals surface area contributed by atoms with E-state index in [0.717, 1.165) is 26.9 Å². The number of rotatable bonds is 3. The summed E-state index contributed by atoms with van der Waals surface area (Å²) >= 11 is 1.84.